The number of carbonyl (C=O) groups is 2. The third-order valence-corrected chi connectivity index (χ3v) is 5.42. The van der Waals surface area contributed by atoms with E-state index in [1.165, 1.54) is 7.05 Å². The summed E-state index contributed by atoms with van der Waals surface area (Å²) in [5.41, 5.74) is 1.62. The quantitative estimate of drug-likeness (QED) is 0.435. The normalized spacial score (nSPS) is 15.1. The Bertz CT molecular complexity index is 1010. The summed E-state index contributed by atoms with van der Waals surface area (Å²) in [6.07, 6.45) is 1.58. The van der Waals surface area contributed by atoms with Gasteiger partial charge in [-0.05, 0) is 42.8 Å². The van der Waals surface area contributed by atoms with Gasteiger partial charge < -0.3 is 14.8 Å². The fourth-order valence-corrected chi connectivity index (χ4v) is 3.52. The van der Waals surface area contributed by atoms with Crippen LogP contribution in [0.2, 0.25) is 10.0 Å². The lowest BCUT2D eigenvalue weighted by Gasteiger charge is -2.15. The van der Waals surface area contributed by atoms with Crippen molar-refractivity contribution >= 4 is 57.1 Å². The van der Waals surface area contributed by atoms with Crippen LogP contribution >= 0.6 is 39.1 Å². The number of urea groups is 1. The van der Waals surface area contributed by atoms with Crippen molar-refractivity contribution in [2.45, 2.75) is 13.5 Å². The van der Waals surface area contributed by atoms with Crippen LogP contribution in [-0.2, 0) is 11.4 Å². The summed E-state index contributed by atoms with van der Waals surface area (Å²) in [5.74, 6) is 0.598. The molecule has 1 fully saturated rings. The van der Waals surface area contributed by atoms with Crippen molar-refractivity contribution < 1.29 is 19.1 Å². The molecule has 0 aliphatic carbocycles. The van der Waals surface area contributed by atoms with E-state index in [2.05, 4.69) is 21.2 Å². The highest BCUT2D eigenvalue weighted by atomic mass is 79.9. The van der Waals surface area contributed by atoms with Gasteiger partial charge in [-0.1, -0.05) is 45.2 Å². The smallest absolute Gasteiger partial charge is 0.328 e. The first-order valence-electron chi connectivity index (χ1n) is 8.64. The number of rotatable bonds is 6. The lowest BCUT2D eigenvalue weighted by atomic mass is 10.1. The Morgan fingerprint density at radius 2 is 1.86 bits per heavy atom. The molecule has 0 aromatic heterocycles. The number of ether oxygens (including phenoxy) is 2. The zero-order valence-electron chi connectivity index (χ0n) is 15.6. The first-order chi connectivity index (χ1) is 13.8. The van der Waals surface area contributed by atoms with E-state index >= 15 is 0 Å². The van der Waals surface area contributed by atoms with Gasteiger partial charge >= 0.3 is 6.03 Å². The molecule has 1 aliphatic rings. The van der Waals surface area contributed by atoms with Crippen LogP contribution in [-0.4, -0.2) is 30.5 Å². The van der Waals surface area contributed by atoms with Crippen molar-refractivity contribution in [3.05, 3.63) is 61.7 Å². The second kappa shape index (κ2) is 9.07. The number of likely N-dealkylation sites (N-methyl/N-ethyl adjacent to an activating group) is 1. The Labute approximate surface area is 186 Å². The number of hydrogen-bond donors (Lipinski definition) is 1. The van der Waals surface area contributed by atoms with Gasteiger partial charge in [0.15, 0.2) is 11.5 Å². The molecule has 2 aromatic rings. The lowest BCUT2D eigenvalue weighted by molar-refractivity contribution is -0.121. The van der Waals surface area contributed by atoms with E-state index in [0.29, 0.717) is 38.2 Å². The predicted octanol–water partition coefficient (Wildman–Crippen LogP) is 5.26. The third kappa shape index (κ3) is 4.86. The summed E-state index contributed by atoms with van der Waals surface area (Å²) in [7, 11) is 1.41. The standard InChI is InChI=1S/C20H17BrCl2N2O4/c1-3-28-17-7-12(6-16-19(26)25(2)20(27)24-16)14(21)9-18(17)29-10-11-4-5-13(22)8-15(11)23/h4-9H,3,10H2,1-2H3,(H,24,27)/b16-6+. The number of halogens is 3. The highest BCUT2D eigenvalue weighted by Crippen LogP contribution is 2.36. The largest absolute Gasteiger partial charge is 0.490 e. The average Bonchev–Trinajstić information content (AvgIpc) is 2.91. The minimum absolute atomic E-state index is 0.183. The maximum absolute atomic E-state index is 12.1. The maximum Gasteiger partial charge on any atom is 0.328 e. The minimum Gasteiger partial charge on any atom is -0.490 e. The molecule has 1 heterocycles. The van der Waals surface area contributed by atoms with Gasteiger partial charge in [0, 0.05) is 27.1 Å². The fourth-order valence-electron chi connectivity index (χ4n) is 2.62. The lowest BCUT2D eigenvalue weighted by Crippen LogP contribution is -2.25. The van der Waals surface area contributed by atoms with Crippen LogP contribution in [0, 0.1) is 0 Å². The van der Waals surface area contributed by atoms with E-state index in [4.69, 9.17) is 32.7 Å². The van der Waals surface area contributed by atoms with Crippen molar-refractivity contribution in [1.29, 1.82) is 0 Å². The molecule has 0 bridgehead atoms. The first kappa shape index (κ1) is 21.5. The van der Waals surface area contributed by atoms with Gasteiger partial charge in [-0.25, -0.2) is 4.79 Å². The summed E-state index contributed by atoms with van der Waals surface area (Å²) in [4.78, 5) is 24.8. The van der Waals surface area contributed by atoms with Gasteiger partial charge in [-0.3, -0.25) is 9.69 Å². The summed E-state index contributed by atoms with van der Waals surface area (Å²) in [6.45, 7) is 2.51. The first-order valence-corrected chi connectivity index (χ1v) is 10.2. The zero-order chi connectivity index (χ0) is 21.1. The van der Waals surface area contributed by atoms with Crippen LogP contribution in [0.1, 0.15) is 18.1 Å². The number of nitrogens with one attached hydrogen (secondary N) is 1. The molecule has 0 spiro atoms. The van der Waals surface area contributed by atoms with Gasteiger partial charge in [0.25, 0.3) is 5.91 Å². The van der Waals surface area contributed by atoms with Crippen molar-refractivity contribution in [1.82, 2.24) is 10.2 Å². The molecule has 0 atom stereocenters. The fraction of sp³-hybridized carbons (Fsp3) is 0.200. The molecule has 3 amide bonds. The number of hydrogen-bond acceptors (Lipinski definition) is 4. The molecule has 0 unspecified atom stereocenters. The van der Waals surface area contributed by atoms with Gasteiger partial charge in [-0.15, -0.1) is 0 Å². The molecule has 9 heteroatoms. The van der Waals surface area contributed by atoms with E-state index in [-0.39, 0.29) is 12.3 Å². The predicted molar refractivity (Wildman–Crippen MR) is 115 cm³/mol. The number of amides is 3. The third-order valence-electron chi connectivity index (χ3n) is 4.14. The molecule has 1 saturated heterocycles. The average molecular weight is 500 g/mol. The van der Waals surface area contributed by atoms with Crippen molar-refractivity contribution in [2.24, 2.45) is 0 Å². The van der Waals surface area contributed by atoms with E-state index in [9.17, 15) is 9.59 Å². The molecular formula is C20H17BrCl2N2O4. The molecule has 2 aromatic carbocycles. The number of nitrogens with zero attached hydrogens (tertiary/aromatic N) is 1. The van der Waals surface area contributed by atoms with Crippen LogP contribution < -0.4 is 14.8 Å². The van der Waals surface area contributed by atoms with E-state index in [0.717, 1.165) is 10.5 Å². The molecular weight excluding hydrogens is 483 g/mol. The second-order valence-electron chi connectivity index (χ2n) is 6.13. The monoisotopic (exact) mass is 498 g/mol. The second-order valence-corrected chi connectivity index (χ2v) is 7.83. The van der Waals surface area contributed by atoms with Crippen molar-refractivity contribution in [2.75, 3.05) is 13.7 Å². The topological polar surface area (TPSA) is 67.9 Å². The highest BCUT2D eigenvalue weighted by molar-refractivity contribution is 9.10. The Balaban J connectivity index is 1.88. The minimum atomic E-state index is -0.470. The Kier molecular flexibility index (Phi) is 6.72. The molecule has 6 nitrogen and oxygen atoms in total. The Morgan fingerprint density at radius 3 is 2.48 bits per heavy atom. The molecule has 3 rings (SSSR count). The molecule has 1 aliphatic heterocycles. The van der Waals surface area contributed by atoms with Crippen LogP contribution in [0.4, 0.5) is 4.79 Å². The van der Waals surface area contributed by atoms with Gasteiger partial charge in [0.2, 0.25) is 0 Å². The van der Waals surface area contributed by atoms with Crippen LogP contribution in [0.5, 0.6) is 11.5 Å². The van der Waals surface area contributed by atoms with E-state index in [1.807, 2.05) is 6.92 Å². The Morgan fingerprint density at radius 1 is 1.14 bits per heavy atom. The van der Waals surface area contributed by atoms with Gasteiger partial charge in [-0.2, -0.15) is 0 Å². The summed E-state index contributed by atoms with van der Waals surface area (Å²) >= 11 is 15.6. The van der Waals surface area contributed by atoms with Gasteiger partial charge in [0.05, 0.1) is 6.61 Å². The molecule has 29 heavy (non-hydrogen) atoms. The molecule has 0 saturated carbocycles. The summed E-state index contributed by atoms with van der Waals surface area (Å²) in [5, 5.41) is 3.59. The number of benzene rings is 2. The van der Waals surface area contributed by atoms with Crippen LogP contribution in [0.15, 0.2) is 40.5 Å². The van der Waals surface area contributed by atoms with Crippen molar-refractivity contribution in [3.8, 4) is 11.5 Å². The summed E-state index contributed by atoms with van der Waals surface area (Å²) < 4.78 is 12.3. The molecule has 152 valence electrons. The Hall–Kier alpha value is -2.22. The maximum atomic E-state index is 12.1. The number of carbonyl (C=O) groups excluding carboxylic acids is 2. The number of imide groups is 1. The molecule has 1 N–H and O–H groups in total. The van der Waals surface area contributed by atoms with Gasteiger partial charge in [0.1, 0.15) is 12.3 Å². The van der Waals surface area contributed by atoms with Crippen LogP contribution in [0.3, 0.4) is 0 Å². The molecule has 0 radical (unpaired) electrons. The highest BCUT2D eigenvalue weighted by Gasteiger charge is 2.30. The van der Waals surface area contributed by atoms with E-state index in [1.54, 1.807) is 36.4 Å². The summed E-state index contributed by atoms with van der Waals surface area (Å²) in [6, 6.07) is 8.19. The van der Waals surface area contributed by atoms with Crippen LogP contribution in [0.25, 0.3) is 6.08 Å². The van der Waals surface area contributed by atoms with Crippen molar-refractivity contribution in [3.63, 3.8) is 0 Å². The van der Waals surface area contributed by atoms with E-state index < -0.39 is 11.9 Å². The SMILES string of the molecule is CCOc1cc(/C=C2/NC(=O)N(C)C2=O)c(Br)cc1OCc1ccc(Cl)cc1Cl. The zero-order valence-corrected chi connectivity index (χ0v) is 18.7.